The van der Waals surface area contributed by atoms with E-state index in [4.69, 9.17) is 0 Å². The molecule has 2 saturated carbocycles. The summed E-state index contributed by atoms with van der Waals surface area (Å²) >= 11 is 0. The average Bonchev–Trinajstić information content (AvgIpc) is 3.72. The van der Waals surface area contributed by atoms with Crippen LogP contribution in [0.2, 0.25) is 0 Å². The summed E-state index contributed by atoms with van der Waals surface area (Å²) in [7, 11) is 0. The smallest absolute Gasteiger partial charge is 0.270 e. The molecule has 2 aliphatic carbocycles. The van der Waals surface area contributed by atoms with E-state index in [1.807, 2.05) is 13.0 Å². The molecule has 0 radical (unpaired) electrons. The lowest BCUT2D eigenvalue weighted by Gasteiger charge is -2.27. The van der Waals surface area contributed by atoms with Crippen molar-refractivity contribution >= 4 is 22.8 Å². The lowest BCUT2D eigenvalue weighted by molar-refractivity contribution is -0.122. The number of halogens is 1. The van der Waals surface area contributed by atoms with Crippen molar-refractivity contribution in [2.24, 2.45) is 23.7 Å². The predicted octanol–water partition coefficient (Wildman–Crippen LogP) is 3.50. The molecule has 8 nitrogen and oxygen atoms in total. The fourth-order valence-corrected chi connectivity index (χ4v) is 5.77. The number of imidazole rings is 1. The summed E-state index contributed by atoms with van der Waals surface area (Å²) in [6, 6.07) is 4.79. The van der Waals surface area contributed by atoms with Gasteiger partial charge in [0.1, 0.15) is 17.0 Å². The minimum atomic E-state index is -0.401. The Hall–Kier alpha value is -3.23. The van der Waals surface area contributed by atoms with Gasteiger partial charge in [-0.05, 0) is 87.0 Å². The summed E-state index contributed by atoms with van der Waals surface area (Å²) < 4.78 is 16.8. The molecular weight excluding hydrogens is 447 g/mol. The molecule has 1 aromatic carbocycles. The Morgan fingerprint density at radius 3 is 2.66 bits per heavy atom. The molecule has 2 atom stereocenters. The number of rotatable bonds is 9. The maximum atomic E-state index is 15.1. The maximum absolute atomic E-state index is 15.1. The Morgan fingerprint density at radius 1 is 1.23 bits per heavy atom. The molecule has 6 rings (SSSR count). The van der Waals surface area contributed by atoms with Gasteiger partial charge in [0.05, 0.1) is 11.6 Å². The largest absolute Gasteiger partial charge is 0.356 e. The van der Waals surface area contributed by atoms with Crippen LogP contribution in [0, 0.1) is 29.5 Å². The minimum Gasteiger partial charge on any atom is -0.356 e. The van der Waals surface area contributed by atoms with E-state index in [1.165, 1.54) is 6.07 Å². The van der Waals surface area contributed by atoms with Gasteiger partial charge in [-0.15, -0.1) is 0 Å². The third kappa shape index (κ3) is 4.32. The Balaban J connectivity index is 1.34. The Bertz CT molecular complexity index is 1260. The van der Waals surface area contributed by atoms with Crippen LogP contribution in [-0.2, 0) is 17.8 Å². The van der Waals surface area contributed by atoms with Gasteiger partial charge in [0.25, 0.3) is 5.91 Å². The molecule has 2 amide bonds. The fourth-order valence-electron chi connectivity index (χ4n) is 5.77. The van der Waals surface area contributed by atoms with Gasteiger partial charge in [-0.25, -0.2) is 9.37 Å². The van der Waals surface area contributed by atoms with Gasteiger partial charge in [-0.2, -0.15) is 5.10 Å². The van der Waals surface area contributed by atoms with Crippen LogP contribution in [0.3, 0.4) is 0 Å². The highest BCUT2D eigenvalue weighted by atomic mass is 19.1. The highest BCUT2D eigenvalue weighted by Gasteiger charge is 2.47. The summed E-state index contributed by atoms with van der Waals surface area (Å²) in [4.78, 5) is 33.3. The van der Waals surface area contributed by atoms with Gasteiger partial charge >= 0.3 is 0 Å². The van der Waals surface area contributed by atoms with E-state index in [0.29, 0.717) is 48.4 Å². The molecule has 2 unspecified atom stereocenters. The quantitative estimate of drug-likeness (QED) is 0.438. The summed E-state index contributed by atoms with van der Waals surface area (Å²) in [5.41, 5.74) is 2.18. The zero-order valence-electron chi connectivity index (χ0n) is 19.9. The average molecular weight is 479 g/mol. The summed E-state index contributed by atoms with van der Waals surface area (Å²) in [6.45, 7) is 3.23. The van der Waals surface area contributed by atoms with Gasteiger partial charge in [-0.3, -0.25) is 14.3 Å². The molecule has 0 spiro atoms. The van der Waals surface area contributed by atoms with Crippen LogP contribution in [0.1, 0.15) is 66.9 Å². The zero-order chi connectivity index (χ0) is 24.1. The first kappa shape index (κ1) is 22.2. The lowest BCUT2D eigenvalue weighted by atomic mass is 9.88. The van der Waals surface area contributed by atoms with E-state index in [1.54, 1.807) is 16.9 Å². The second-order valence-electron chi connectivity index (χ2n) is 10.3. The number of hydrogen-bond donors (Lipinski definition) is 3. The summed E-state index contributed by atoms with van der Waals surface area (Å²) in [5, 5.41) is 10.3. The number of carbonyl (C=O) groups is 2. The number of nitrogens with zero attached hydrogens (tertiary/aromatic N) is 3. The molecule has 1 aliphatic heterocycles. The number of aromatic nitrogens is 4. The number of fused-ring (bicyclic) bond motifs is 1. The molecule has 9 heteroatoms. The van der Waals surface area contributed by atoms with E-state index in [0.717, 1.165) is 37.7 Å². The normalized spacial score (nSPS) is 21.0. The number of carbonyl (C=O) groups excluding carboxylic acids is 2. The van der Waals surface area contributed by atoms with Gasteiger partial charge in [0, 0.05) is 25.2 Å². The van der Waals surface area contributed by atoms with Crippen molar-refractivity contribution in [1.82, 2.24) is 30.4 Å². The van der Waals surface area contributed by atoms with Crippen molar-refractivity contribution in [2.75, 3.05) is 6.54 Å². The SMILES string of the molecule is CCn1nccc1C(=O)NC(c1nc2c(F)cc(CC3CCNC3=O)cc2[nH]1)C(C1CC1)C1CC1. The van der Waals surface area contributed by atoms with Crippen molar-refractivity contribution in [3.63, 3.8) is 0 Å². The second kappa shape index (κ2) is 8.77. The van der Waals surface area contributed by atoms with Crippen molar-refractivity contribution in [2.45, 2.75) is 58.0 Å². The number of benzene rings is 1. The van der Waals surface area contributed by atoms with E-state index in [-0.39, 0.29) is 35.2 Å². The molecule has 1 saturated heterocycles. The predicted molar refractivity (Wildman–Crippen MR) is 128 cm³/mol. The van der Waals surface area contributed by atoms with Crippen molar-refractivity contribution in [1.29, 1.82) is 0 Å². The zero-order valence-corrected chi connectivity index (χ0v) is 19.9. The Labute approximate surface area is 203 Å². The first-order valence-corrected chi connectivity index (χ1v) is 12.8. The molecule has 3 fully saturated rings. The van der Waals surface area contributed by atoms with Crippen LogP contribution in [0.5, 0.6) is 0 Å². The van der Waals surface area contributed by atoms with Crippen LogP contribution in [0.4, 0.5) is 4.39 Å². The van der Waals surface area contributed by atoms with Gasteiger partial charge < -0.3 is 15.6 Å². The van der Waals surface area contributed by atoms with Crippen LogP contribution in [0.15, 0.2) is 24.4 Å². The molecule has 184 valence electrons. The standard InChI is InChI=1S/C26H31FN6O2/c1-2-33-20(8-10-29-33)26(35)32-23(21(15-3-4-15)16-5-6-16)24-30-19-13-14(12-18(27)22(19)31-24)11-17-7-9-28-25(17)34/h8,10,12-13,15-17,21,23H,2-7,9,11H2,1H3,(H,28,34)(H,30,31)(H,32,35). The van der Waals surface area contributed by atoms with E-state index < -0.39 is 5.82 Å². The highest BCUT2D eigenvalue weighted by molar-refractivity contribution is 5.92. The number of aromatic amines is 1. The molecule has 3 aromatic rings. The summed E-state index contributed by atoms with van der Waals surface area (Å²) in [6.07, 6.45) is 7.52. The van der Waals surface area contributed by atoms with Gasteiger partial charge in [0.15, 0.2) is 5.82 Å². The monoisotopic (exact) mass is 478 g/mol. The van der Waals surface area contributed by atoms with Gasteiger partial charge in [-0.1, -0.05) is 0 Å². The maximum Gasteiger partial charge on any atom is 0.270 e. The molecular formula is C26H31FN6O2. The summed E-state index contributed by atoms with van der Waals surface area (Å²) in [5.74, 6) is 1.31. The molecule has 3 aliphatic rings. The van der Waals surface area contributed by atoms with Crippen LogP contribution in [-0.4, -0.2) is 38.1 Å². The first-order valence-electron chi connectivity index (χ1n) is 12.8. The molecule has 35 heavy (non-hydrogen) atoms. The van der Waals surface area contributed by atoms with Crippen LogP contribution in [0.25, 0.3) is 11.0 Å². The number of nitrogens with one attached hydrogen (secondary N) is 3. The Morgan fingerprint density at radius 2 is 2.00 bits per heavy atom. The lowest BCUT2D eigenvalue weighted by Crippen LogP contribution is -2.37. The number of aryl methyl sites for hydroxylation is 1. The van der Waals surface area contributed by atoms with Crippen molar-refractivity contribution in [3.8, 4) is 0 Å². The van der Waals surface area contributed by atoms with E-state index in [9.17, 15) is 9.59 Å². The van der Waals surface area contributed by atoms with Crippen LogP contribution < -0.4 is 10.6 Å². The van der Waals surface area contributed by atoms with Crippen LogP contribution >= 0.6 is 0 Å². The van der Waals surface area contributed by atoms with Gasteiger partial charge in [0.2, 0.25) is 5.91 Å². The fraction of sp³-hybridized carbons (Fsp3) is 0.538. The van der Waals surface area contributed by atoms with E-state index in [2.05, 4.69) is 25.7 Å². The van der Waals surface area contributed by atoms with Crippen molar-refractivity contribution < 1.29 is 14.0 Å². The first-order chi connectivity index (χ1) is 17.0. The third-order valence-electron chi connectivity index (χ3n) is 7.81. The minimum absolute atomic E-state index is 0.0293. The molecule has 0 bridgehead atoms. The number of hydrogen-bond acceptors (Lipinski definition) is 4. The van der Waals surface area contributed by atoms with E-state index >= 15 is 4.39 Å². The van der Waals surface area contributed by atoms with Crippen molar-refractivity contribution in [3.05, 3.63) is 47.3 Å². The Kier molecular flexibility index (Phi) is 5.57. The topological polar surface area (TPSA) is 105 Å². The third-order valence-corrected chi connectivity index (χ3v) is 7.81. The number of amides is 2. The highest BCUT2D eigenvalue weighted by Crippen LogP contribution is 2.54. The number of H-pyrrole nitrogens is 1. The second-order valence-corrected chi connectivity index (χ2v) is 10.3. The molecule has 3 heterocycles. The molecule has 3 N–H and O–H groups in total. The molecule has 2 aromatic heterocycles.